The second-order valence-corrected chi connectivity index (χ2v) is 10.3. The summed E-state index contributed by atoms with van der Waals surface area (Å²) in [7, 11) is -3.56. The predicted molar refractivity (Wildman–Crippen MR) is 130 cm³/mol. The molecule has 2 aliphatic rings. The molecule has 0 radical (unpaired) electrons. The maximum Gasteiger partial charge on any atom is 0.255 e. The van der Waals surface area contributed by atoms with Crippen molar-refractivity contribution in [2.75, 3.05) is 44.7 Å². The number of nitrogens with zero attached hydrogens (tertiary/aromatic N) is 2. The number of amides is 2. The molecular weight excluding hydrogens is 454 g/mol. The lowest BCUT2D eigenvalue weighted by atomic mass is 10.1. The van der Waals surface area contributed by atoms with Gasteiger partial charge in [0, 0.05) is 32.3 Å². The molecule has 9 heteroatoms. The Balaban J connectivity index is 1.44. The van der Waals surface area contributed by atoms with Crippen molar-refractivity contribution in [1.82, 2.24) is 9.21 Å². The van der Waals surface area contributed by atoms with Crippen LogP contribution >= 0.6 is 0 Å². The number of aryl methyl sites for hydroxylation is 1. The first kappa shape index (κ1) is 24.1. The van der Waals surface area contributed by atoms with Gasteiger partial charge in [-0.25, -0.2) is 8.42 Å². The van der Waals surface area contributed by atoms with E-state index in [0.717, 1.165) is 31.5 Å². The molecule has 0 aromatic heterocycles. The van der Waals surface area contributed by atoms with Gasteiger partial charge in [0.25, 0.3) is 5.91 Å². The van der Waals surface area contributed by atoms with Crippen LogP contribution in [0.1, 0.15) is 34.3 Å². The summed E-state index contributed by atoms with van der Waals surface area (Å²) in [6, 6.07) is 11.8. The SMILES string of the molecule is Cc1cccc(C(=O)N2CCCC2)c1NC(=O)/C=C/c1ccc(S(=O)(=O)N2CCOCC2)cc1. The average Bonchev–Trinajstić information content (AvgIpc) is 3.39. The lowest BCUT2D eigenvalue weighted by Gasteiger charge is -2.26. The molecule has 0 aliphatic carbocycles. The summed E-state index contributed by atoms with van der Waals surface area (Å²) in [5.41, 5.74) is 2.50. The van der Waals surface area contributed by atoms with E-state index < -0.39 is 10.0 Å². The van der Waals surface area contributed by atoms with E-state index in [1.54, 1.807) is 24.3 Å². The van der Waals surface area contributed by atoms with Crippen LogP contribution in [0.25, 0.3) is 6.08 Å². The summed E-state index contributed by atoms with van der Waals surface area (Å²) >= 11 is 0. The van der Waals surface area contributed by atoms with E-state index in [1.807, 2.05) is 24.0 Å². The Morgan fingerprint density at radius 3 is 2.32 bits per heavy atom. The quantitative estimate of drug-likeness (QED) is 0.638. The van der Waals surface area contributed by atoms with Crippen molar-refractivity contribution in [2.24, 2.45) is 0 Å². The smallest absolute Gasteiger partial charge is 0.255 e. The van der Waals surface area contributed by atoms with E-state index in [0.29, 0.717) is 43.1 Å². The van der Waals surface area contributed by atoms with Crippen LogP contribution in [0.4, 0.5) is 5.69 Å². The first-order chi connectivity index (χ1) is 16.4. The molecule has 0 spiro atoms. The van der Waals surface area contributed by atoms with E-state index in [1.165, 1.54) is 22.5 Å². The van der Waals surface area contributed by atoms with Crippen LogP contribution in [0.3, 0.4) is 0 Å². The predicted octanol–water partition coefficient (Wildman–Crippen LogP) is 2.90. The first-order valence-electron chi connectivity index (χ1n) is 11.4. The zero-order chi connectivity index (χ0) is 24.1. The van der Waals surface area contributed by atoms with Gasteiger partial charge in [0.1, 0.15) is 0 Å². The number of anilines is 1. The molecule has 2 saturated heterocycles. The Hall–Kier alpha value is -3.01. The number of rotatable bonds is 6. The highest BCUT2D eigenvalue weighted by atomic mass is 32.2. The highest BCUT2D eigenvalue weighted by Crippen LogP contribution is 2.24. The number of nitrogens with one attached hydrogen (secondary N) is 1. The molecule has 2 heterocycles. The Morgan fingerprint density at radius 1 is 0.971 bits per heavy atom. The topological polar surface area (TPSA) is 96.0 Å². The minimum Gasteiger partial charge on any atom is -0.379 e. The molecule has 2 aromatic rings. The summed E-state index contributed by atoms with van der Waals surface area (Å²) in [5, 5.41) is 2.84. The van der Waals surface area contributed by atoms with Crippen molar-refractivity contribution < 1.29 is 22.7 Å². The van der Waals surface area contributed by atoms with Crippen molar-refractivity contribution in [3.63, 3.8) is 0 Å². The normalized spacial score (nSPS) is 17.3. The molecule has 34 heavy (non-hydrogen) atoms. The third-order valence-electron chi connectivity index (χ3n) is 6.06. The van der Waals surface area contributed by atoms with Gasteiger partial charge >= 0.3 is 0 Å². The number of ether oxygens (including phenoxy) is 1. The Bertz CT molecular complexity index is 1180. The molecule has 1 N–H and O–H groups in total. The van der Waals surface area contributed by atoms with Crippen molar-refractivity contribution in [2.45, 2.75) is 24.7 Å². The van der Waals surface area contributed by atoms with Gasteiger partial charge in [-0.2, -0.15) is 4.31 Å². The maximum atomic E-state index is 12.9. The molecule has 0 bridgehead atoms. The number of morpholine rings is 1. The fourth-order valence-corrected chi connectivity index (χ4v) is 5.53. The lowest BCUT2D eigenvalue weighted by molar-refractivity contribution is -0.111. The Labute approximate surface area is 200 Å². The molecule has 2 aromatic carbocycles. The van der Waals surface area contributed by atoms with E-state index in [-0.39, 0.29) is 16.7 Å². The van der Waals surface area contributed by atoms with Gasteiger partial charge in [0.15, 0.2) is 0 Å². The summed E-state index contributed by atoms with van der Waals surface area (Å²) < 4.78 is 32.1. The van der Waals surface area contributed by atoms with Gasteiger partial charge in [-0.1, -0.05) is 24.3 Å². The average molecular weight is 484 g/mol. The van der Waals surface area contributed by atoms with Crippen LogP contribution in [-0.2, 0) is 19.6 Å². The van der Waals surface area contributed by atoms with Crippen molar-refractivity contribution in [3.8, 4) is 0 Å². The van der Waals surface area contributed by atoms with Crippen LogP contribution in [0.15, 0.2) is 53.4 Å². The monoisotopic (exact) mass is 483 g/mol. The van der Waals surface area contributed by atoms with Gasteiger partial charge in [-0.15, -0.1) is 0 Å². The second kappa shape index (κ2) is 10.5. The standard InChI is InChI=1S/C25H29N3O5S/c1-19-5-4-6-22(25(30)27-13-2-3-14-27)24(19)26-23(29)12-9-20-7-10-21(11-8-20)34(31,32)28-15-17-33-18-16-28/h4-12H,2-3,13-18H2,1H3,(H,26,29)/b12-9+. The zero-order valence-corrected chi connectivity index (χ0v) is 20.0. The molecule has 2 fully saturated rings. The summed E-state index contributed by atoms with van der Waals surface area (Å²) in [6.45, 7) is 4.78. The van der Waals surface area contributed by atoms with Crippen LogP contribution < -0.4 is 5.32 Å². The second-order valence-electron chi connectivity index (χ2n) is 8.40. The molecule has 8 nitrogen and oxygen atoms in total. The summed E-state index contributed by atoms with van der Waals surface area (Å²) in [6.07, 6.45) is 4.98. The van der Waals surface area contributed by atoms with Gasteiger partial charge in [-0.3, -0.25) is 9.59 Å². The van der Waals surface area contributed by atoms with Crippen LogP contribution in [0.2, 0.25) is 0 Å². The number of hydrogen-bond donors (Lipinski definition) is 1. The molecule has 2 aliphatic heterocycles. The molecular formula is C25H29N3O5S. The van der Waals surface area contributed by atoms with E-state index in [9.17, 15) is 18.0 Å². The van der Waals surface area contributed by atoms with Crippen LogP contribution in [-0.4, -0.2) is 68.8 Å². The minimum absolute atomic E-state index is 0.0717. The van der Waals surface area contributed by atoms with Gasteiger partial charge < -0.3 is 15.0 Å². The van der Waals surface area contributed by atoms with E-state index in [2.05, 4.69) is 5.32 Å². The molecule has 0 saturated carbocycles. The largest absolute Gasteiger partial charge is 0.379 e. The number of carbonyl (C=O) groups is 2. The highest BCUT2D eigenvalue weighted by molar-refractivity contribution is 7.89. The fraction of sp³-hybridized carbons (Fsp3) is 0.360. The number of carbonyl (C=O) groups excluding carboxylic acids is 2. The number of hydrogen-bond acceptors (Lipinski definition) is 5. The zero-order valence-electron chi connectivity index (χ0n) is 19.2. The van der Waals surface area contributed by atoms with Gasteiger partial charge in [0.05, 0.1) is 29.4 Å². The molecule has 180 valence electrons. The van der Waals surface area contributed by atoms with E-state index in [4.69, 9.17) is 4.74 Å². The third-order valence-corrected chi connectivity index (χ3v) is 7.97. The fourth-order valence-electron chi connectivity index (χ4n) is 4.13. The summed E-state index contributed by atoms with van der Waals surface area (Å²) in [5.74, 6) is -0.438. The van der Waals surface area contributed by atoms with Gasteiger partial charge in [0.2, 0.25) is 15.9 Å². The number of benzene rings is 2. The number of likely N-dealkylation sites (tertiary alicyclic amines) is 1. The van der Waals surface area contributed by atoms with Crippen molar-refractivity contribution in [1.29, 1.82) is 0 Å². The summed E-state index contributed by atoms with van der Waals surface area (Å²) in [4.78, 5) is 27.6. The molecule has 0 atom stereocenters. The minimum atomic E-state index is -3.56. The highest BCUT2D eigenvalue weighted by Gasteiger charge is 2.26. The molecule has 0 unspecified atom stereocenters. The Morgan fingerprint density at radius 2 is 1.65 bits per heavy atom. The van der Waals surface area contributed by atoms with Crippen LogP contribution in [0.5, 0.6) is 0 Å². The molecule has 4 rings (SSSR count). The Kier molecular flexibility index (Phi) is 7.45. The maximum absolute atomic E-state index is 12.9. The lowest BCUT2D eigenvalue weighted by Crippen LogP contribution is -2.40. The third kappa shape index (κ3) is 5.38. The van der Waals surface area contributed by atoms with E-state index >= 15 is 0 Å². The van der Waals surface area contributed by atoms with Crippen molar-refractivity contribution in [3.05, 3.63) is 65.2 Å². The molecule has 2 amide bonds. The number of para-hydroxylation sites is 1. The van der Waals surface area contributed by atoms with Crippen molar-refractivity contribution >= 4 is 33.6 Å². The first-order valence-corrected chi connectivity index (χ1v) is 12.9. The number of sulfonamides is 1. The van der Waals surface area contributed by atoms with Gasteiger partial charge in [-0.05, 0) is 55.2 Å². The van der Waals surface area contributed by atoms with Crippen LogP contribution in [0, 0.1) is 6.92 Å².